The molecule has 2 aromatic carbocycles. The molecule has 6 heteroatoms. The normalized spacial score (nSPS) is 16.1. The molecule has 1 atom stereocenters. The molecule has 0 radical (unpaired) electrons. The summed E-state index contributed by atoms with van der Waals surface area (Å²) in [6.45, 7) is 2.85. The number of amides is 1. The third-order valence-corrected chi connectivity index (χ3v) is 6.68. The zero-order valence-electron chi connectivity index (χ0n) is 18.7. The smallest absolute Gasteiger partial charge is 0.271 e. The number of benzene rings is 2. The van der Waals surface area contributed by atoms with Crippen molar-refractivity contribution in [2.75, 3.05) is 0 Å². The van der Waals surface area contributed by atoms with Crippen LogP contribution in [0.5, 0.6) is 0 Å². The van der Waals surface area contributed by atoms with Gasteiger partial charge >= 0.3 is 0 Å². The monoisotopic (exact) mass is 440 g/mol. The molecule has 1 fully saturated rings. The summed E-state index contributed by atoms with van der Waals surface area (Å²) in [5.41, 5.74) is 2.29. The van der Waals surface area contributed by atoms with Crippen molar-refractivity contribution in [3.8, 4) is 11.1 Å². The van der Waals surface area contributed by atoms with Crippen molar-refractivity contribution in [3.05, 3.63) is 84.4 Å². The number of aromatic nitrogens is 3. The molecule has 2 N–H and O–H groups in total. The van der Waals surface area contributed by atoms with Crippen molar-refractivity contribution in [3.63, 3.8) is 0 Å². The Balaban J connectivity index is 1.52. The van der Waals surface area contributed by atoms with Crippen LogP contribution in [0.2, 0.25) is 0 Å². The number of pyridine rings is 1. The summed E-state index contributed by atoms with van der Waals surface area (Å²) in [6, 6.07) is 17.1. The van der Waals surface area contributed by atoms with Crippen LogP contribution in [0, 0.1) is 0 Å². The number of carbonyl (C=O) groups is 1. The van der Waals surface area contributed by atoms with E-state index in [-0.39, 0.29) is 5.91 Å². The second-order valence-corrected chi connectivity index (χ2v) is 8.81. The molecule has 0 bridgehead atoms. The highest BCUT2D eigenvalue weighted by Gasteiger charge is 2.41. The fourth-order valence-corrected chi connectivity index (χ4v) is 4.89. The predicted octanol–water partition coefficient (Wildman–Crippen LogP) is 4.89. The van der Waals surface area contributed by atoms with Gasteiger partial charge in [-0.3, -0.25) is 14.5 Å². The van der Waals surface area contributed by atoms with E-state index < -0.39 is 11.6 Å². The maximum atomic E-state index is 13.4. The number of carbonyl (C=O) groups excluding carboxylic acids is 1. The highest BCUT2D eigenvalue weighted by atomic mass is 16.3. The minimum atomic E-state index is -0.994. The summed E-state index contributed by atoms with van der Waals surface area (Å²) in [7, 11) is 0. The van der Waals surface area contributed by atoms with Gasteiger partial charge in [0.25, 0.3) is 5.91 Å². The first-order chi connectivity index (χ1) is 16.1. The fraction of sp³-hybridized carbons (Fsp3) is 0.296. The molecule has 1 amide bonds. The third kappa shape index (κ3) is 4.14. The summed E-state index contributed by atoms with van der Waals surface area (Å²) in [5, 5.41) is 20.9. The molecule has 6 nitrogen and oxygen atoms in total. The van der Waals surface area contributed by atoms with Crippen LogP contribution in [-0.2, 0) is 6.54 Å². The van der Waals surface area contributed by atoms with E-state index >= 15 is 0 Å². The Kier molecular flexibility index (Phi) is 5.68. The molecular formula is C27H28N4O2. The molecule has 1 saturated carbocycles. The lowest BCUT2D eigenvalue weighted by Crippen LogP contribution is -2.44. The van der Waals surface area contributed by atoms with Gasteiger partial charge in [-0.15, -0.1) is 0 Å². The summed E-state index contributed by atoms with van der Waals surface area (Å²) < 4.78 is 1.89. The van der Waals surface area contributed by atoms with Gasteiger partial charge in [-0.2, -0.15) is 5.10 Å². The van der Waals surface area contributed by atoms with Crippen molar-refractivity contribution in [1.82, 2.24) is 20.1 Å². The second-order valence-electron chi connectivity index (χ2n) is 8.81. The number of aliphatic hydroxyl groups is 1. The predicted molar refractivity (Wildman–Crippen MR) is 129 cm³/mol. The van der Waals surface area contributed by atoms with Gasteiger partial charge in [0, 0.05) is 29.9 Å². The van der Waals surface area contributed by atoms with Gasteiger partial charge in [0.15, 0.2) is 0 Å². The van der Waals surface area contributed by atoms with Gasteiger partial charge in [-0.1, -0.05) is 55.3 Å². The maximum Gasteiger partial charge on any atom is 0.271 e. The second kappa shape index (κ2) is 8.79. The molecule has 168 valence electrons. The zero-order chi connectivity index (χ0) is 22.8. The van der Waals surface area contributed by atoms with E-state index in [9.17, 15) is 9.90 Å². The summed E-state index contributed by atoms with van der Waals surface area (Å²) >= 11 is 0. The Morgan fingerprint density at radius 3 is 2.73 bits per heavy atom. The first-order valence-corrected chi connectivity index (χ1v) is 11.6. The average molecular weight is 441 g/mol. The third-order valence-electron chi connectivity index (χ3n) is 6.68. The van der Waals surface area contributed by atoms with E-state index in [0.717, 1.165) is 46.8 Å². The molecule has 1 aliphatic rings. The van der Waals surface area contributed by atoms with Crippen LogP contribution in [0.1, 0.15) is 54.7 Å². The molecule has 33 heavy (non-hydrogen) atoms. The van der Waals surface area contributed by atoms with Gasteiger partial charge < -0.3 is 10.4 Å². The van der Waals surface area contributed by atoms with E-state index in [0.29, 0.717) is 18.5 Å². The van der Waals surface area contributed by atoms with Crippen molar-refractivity contribution in [2.24, 2.45) is 0 Å². The van der Waals surface area contributed by atoms with E-state index in [1.165, 1.54) is 0 Å². The maximum absolute atomic E-state index is 13.4. The molecule has 0 spiro atoms. The Morgan fingerprint density at radius 2 is 1.94 bits per heavy atom. The fourth-order valence-electron chi connectivity index (χ4n) is 4.89. The molecule has 1 aliphatic carbocycles. The van der Waals surface area contributed by atoms with Crippen molar-refractivity contribution in [1.29, 1.82) is 0 Å². The molecule has 1 unspecified atom stereocenters. The van der Waals surface area contributed by atoms with Crippen LogP contribution in [0.4, 0.5) is 0 Å². The van der Waals surface area contributed by atoms with Crippen LogP contribution in [-0.4, -0.2) is 31.4 Å². The quantitative estimate of drug-likeness (QED) is 0.447. The van der Waals surface area contributed by atoms with E-state index in [1.807, 2.05) is 65.6 Å². The van der Waals surface area contributed by atoms with E-state index in [2.05, 4.69) is 28.4 Å². The van der Waals surface area contributed by atoms with Gasteiger partial charge in [0.1, 0.15) is 5.69 Å². The van der Waals surface area contributed by atoms with Crippen LogP contribution in [0.15, 0.2) is 73.2 Å². The molecule has 5 rings (SSSR count). The lowest BCUT2D eigenvalue weighted by atomic mass is 9.85. The summed E-state index contributed by atoms with van der Waals surface area (Å²) in [4.78, 5) is 17.8. The minimum Gasteiger partial charge on any atom is -0.387 e. The van der Waals surface area contributed by atoms with Gasteiger partial charge in [-0.05, 0) is 48.4 Å². The number of fused-ring (bicyclic) bond motifs is 1. The Bertz CT molecular complexity index is 1280. The summed E-state index contributed by atoms with van der Waals surface area (Å²) in [6.07, 6.45) is 8.70. The van der Waals surface area contributed by atoms with Gasteiger partial charge in [-0.25, -0.2) is 0 Å². The van der Waals surface area contributed by atoms with Crippen LogP contribution in [0.25, 0.3) is 21.9 Å². The highest BCUT2D eigenvalue weighted by molar-refractivity contribution is 6.05. The molecule has 2 heterocycles. The highest BCUT2D eigenvalue weighted by Crippen LogP contribution is 2.41. The minimum absolute atomic E-state index is 0.277. The Labute approximate surface area is 193 Å². The molecule has 4 aromatic rings. The Hall–Kier alpha value is -3.51. The molecule has 2 aromatic heterocycles. The lowest BCUT2D eigenvalue weighted by Gasteiger charge is -2.34. The average Bonchev–Trinajstić information content (AvgIpc) is 3.52. The number of nitrogens with zero attached hydrogens (tertiary/aromatic N) is 3. The molecule has 0 saturated heterocycles. The van der Waals surface area contributed by atoms with Crippen LogP contribution < -0.4 is 5.32 Å². The zero-order valence-corrected chi connectivity index (χ0v) is 18.7. The number of hydrogen-bond acceptors (Lipinski definition) is 4. The SMILES string of the molecule is CCn1cc(-c2cccc(C(NC(=O)c3nccc4ccccc34)C3(O)CCCC3)c2)cn1. The van der Waals surface area contributed by atoms with Crippen LogP contribution >= 0.6 is 0 Å². The standard InChI is InChI=1S/C27H28N4O2/c1-2-31-18-22(17-29-31)20-9-7-10-21(16-20)25(27(33)13-5-6-14-27)30-26(32)24-23-11-4-3-8-19(23)12-15-28-24/h3-4,7-12,15-18,25,33H,2,5-6,13-14H2,1H3,(H,30,32). The van der Waals surface area contributed by atoms with Crippen LogP contribution in [0.3, 0.4) is 0 Å². The van der Waals surface area contributed by atoms with E-state index in [4.69, 9.17) is 0 Å². The van der Waals surface area contributed by atoms with E-state index in [1.54, 1.807) is 6.20 Å². The molecule has 0 aliphatic heterocycles. The number of aryl methyl sites for hydroxylation is 1. The van der Waals surface area contributed by atoms with Gasteiger partial charge in [0.05, 0.1) is 17.8 Å². The van der Waals surface area contributed by atoms with Crippen molar-refractivity contribution in [2.45, 2.75) is 50.8 Å². The number of rotatable bonds is 6. The largest absolute Gasteiger partial charge is 0.387 e. The Morgan fingerprint density at radius 1 is 1.12 bits per heavy atom. The topological polar surface area (TPSA) is 80.0 Å². The van der Waals surface area contributed by atoms with Crippen molar-refractivity contribution < 1.29 is 9.90 Å². The molecular weight excluding hydrogens is 412 g/mol. The number of hydrogen-bond donors (Lipinski definition) is 2. The van der Waals surface area contributed by atoms with Gasteiger partial charge in [0.2, 0.25) is 0 Å². The van der Waals surface area contributed by atoms with Crippen molar-refractivity contribution >= 4 is 16.7 Å². The summed E-state index contributed by atoms with van der Waals surface area (Å²) in [5.74, 6) is -0.277. The first-order valence-electron chi connectivity index (χ1n) is 11.6. The number of nitrogens with one attached hydrogen (secondary N) is 1. The lowest BCUT2D eigenvalue weighted by molar-refractivity contribution is 0.00721. The first kappa shape index (κ1) is 21.3.